The van der Waals surface area contributed by atoms with E-state index >= 15 is 4.39 Å². The molecule has 5 heterocycles. The molecule has 37 heavy (non-hydrogen) atoms. The highest BCUT2D eigenvalue weighted by molar-refractivity contribution is 5.87. The molecule has 0 bridgehead atoms. The number of carbonyl (C=O) groups is 1. The van der Waals surface area contributed by atoms with Crippen LogP contribution >= 0.6 is 0 Å². The van der Waals surface area contributed by atoms with E-state index in [1.807, 2.05) is 25.3 Å². The summed E-state index contributed by atoms with van der Waals surface area (Å²) >= 11 is 0. The molecular formula is C26H34FN7O3. The summed E-state index contributed by atoms with van der Waals surface area (Å²) in [5, 5.41) is 0. The number of fused-ring (bicyclic) bond motifs is 1. The molecule has 0 spiro atoms. The molecule has 10 nitrogen and oxygen atoms in total. The molecular weight excluding hydrogens is 477 g/mol. The Balaban J connectivity index is 1.35. The first-order valence-electron chi connectivity index (χ1n) is 12.9. The molecule has 0 N–H and O–H groups in total. The van der Waals surface area contributed by atoms with Gasteiger partial charge in [0.15, 0.2) is 5.65 Å². The van der Waals surface area contributed by atoms with Crippen LogP contribution in [0.15, 0.2) is 18.6 Å². The fourth-order valence-corrected chi connectivity index (χ4v) is 4.78. The number of carbonyl (C=O) groups excluding carboxylic acids is 1. The van der Waals surface area contributed by atoms with Crippen LogP contribution in [0.4, 0.5) is 9.18 Å². The van der Waals surface area contributed by atoms with Crippen molar-refractivity contribution in [1.29, 1.82) is 0 Å². The number of pyridine rings is 1. The number of hydrogen-bond acceptors (Lipinski definition) is 8. The number of piperazine rings is 1. The van der Waals surface area contributed by atoms with Crippen molar-refractivity contribution in [1.82, 2.24) is 34.3 Å². The van der Waals surface area contributed by atoms with Gasteiger partial charge in [-0.2, -0.15) is 4.39 Å². The van der Waals surface area contributed by atoms with Crippen LogP contribution < -0.4 is 0 Å². The summed E-state index contributed by atoms with van der Waals surface area (Å²) in [5.74, 6) is -0.0653. The van der Waals surface area contributed by atoms with Gasteiger partial charge in [0.1, 0.15) is 28.9 Å². The Labute approximate surface area is 215 Å². The molecule has 1 unspecified atom stereocenters. The summed E-state index contributed by atoms with van der Waals surface area (Å²) < 4.78 is 28.4. The predicted molar refractivity (Wildman–Crippen MR) is 135 cm³/mol. The van der Waals surface area contributed by atoms with Crippen LogP contribution in [0.5, 0.6) is 0 Å². The number of halogens is 1. The number of aromatic nitrogens is 5. The molecule has 3 aromatic heterocycles. The van der Waals surface area contributed by atoms with Crippen LogP contribution in [0.25, 0.3) is 22.4 Å². The fraction of sp³-hybridized carbons (Fsp3) is 0.577. The van der Waals surface area contributed by atoms with Crippen LogP contribution in [0.2, 0.25) is 0 Å². The lowest BCUT2D eigenvalue weighted by Crippen LogP contribution is -2.49. The second kappa shape index (κ2) is 10.3. The van der Waals surface area contributed by atoms with E-state index in [0.29, 0.717) is 67.6 Å². The average molecular weight is 512 g/mol. The van der Waals surface area contributed by atoms with Crippen molar-refractivity contribution in [3.05, 3.63) is 35.9 Å². The third kappa shape index (κ3) is 5.72. The van der Waals surface area contributed by atoms with Gasteiger partial charge in [-0.15, -0.1) is 0 Å². The molecule has 5 rings (SSSR count). The summed E-state index contributed by atoms with van der Waals surface area (Å²) in [7, 11) is 0. The second-order valence-corrected chi connectivity index (χ2v) is 10.7. The topological polar surface area (TPSA) is 98.5 Å². The summed E-state index contributed by atoms with van der Waals surface area (Å²) in [6, 6.07) is 1.79. The monoisotopic (exact) mass is 511 g/mol. The lowest BCUT2D eigenvalue weighted by Gasteiger charge is -2.35. The van der Waals surface area contributed by atoms with Crippen molar-refractivity contribution in [3.63, 3.8) is 0 Å². The molecule has 3 aromatic rings. The zero-order chi connectivity index (χ0) is 26.2. The van der Waals surface area contributed by atoms with E-state index in [9.17, 15) is 4.79 Å². The highest BCUT2D eigenvalue weighted by Crippen LogP contribution is 2.31. The maximum Gasteiger partial charge on any atom is 0.410 e. The SMILES string of the molecule is Cc1nc(-c2cc(CN3CCN(C(=O)OC(C)(C)C)CC3)cnc2F)c2ncn(C3CCCCO3)c2n1. The number of ether oxygens (including phenoxy) is 2. The minimum absolute atomic E-state index is 0.130. The van der Waals surface area contributed by atoms with Crippen molar-refractivity contribution in [3.8, 4) is 11.3 Å². The van der Waals surface area contributed by atoms with Gasteiger partial charge in [-0.1, -0.05) is 0 Å². The van der Waals surface area contributed by atoms with Gasteiger partial charge in [0.25, 0.3) is 0 Å². The van der Waals surface area contributed by atoms with Gasteiger partial charge in [0.05, 0.1) is 11.9 Å². The van der Waals surface area contributed by atoms with Gasteiger partial charge >= 0.3 is 6.09 Å². The van der Waals surface area contributed by atoms with E-state index < -0.39 is 11.5 Å². The third-order valence-corrected chi connectivity index (χ3v) is 6.58. The highest BCUT2D eigenvalue weighted by atomic mass is 19.1. The quantitative estimate of drug-likeness (QED) is 0.483. The lowest BCUT2D eigenvalue weighted by molar-refractivity contribution is -0.0298. The molecule has 0 aliphatic carbocycles. The fourth-order valence-electron chi connectivity index (χ4n) is 4.78. The highest BCUT2D eigenvalue weighted by Gasteiger charge is 2.27. The Hall–Kier alpha value is -3.18. The summed E-state index contributed by atoms with van der Waals surface area (Å²) in [4.78, 5) is 34.1. The zero-order valence-corrected chi connectivity index (χ0v) is 21.9. The number of amides is 1. The average Bonchev–Trinajstić information content (AvgIpc) is 3.28. The molecule has 1 atom stereocenters. The molecule has 198 valence electrons. The van der Waals surface area contributed by atoms with E-state index in [1.54, 1.807) is 30.4 Å². The zero-order valence-electron chi connectivity index (χ0n) is 21.9. The minimum Gasteiger partial charge on any atom is -0.444 e. The number of rotatable bonds is 4. The van der Waals surface area contributed by atoms with Gasteiger partial charge in [0, 0.05) is 45.5 Å². The Morgan fingerprint density at radius 2 is 1.95 bits per heavy atom. The van der Waals surface area contributed by atoms with Crippen LogP contribution in [0.3, 0.4) is 0 Å². The first kappa shape index (κ1) is 25.5. The molecule has 0 radical (unpaired) electrons. The van der Waals surface area contributed by atoms with Gasteiger partial charge in [-0.25, -0.2) is 24.7 Å². The van der Waals surface area contributed by atoms with Gasteiger partial charge < -0.3 is 14.4 Å². The lowest BCUT2D eigenvalue weighted by atomic mass is 10.1. The van der Waals surface area contributed by atoms with Crippen LogP contribution in [-0.2, 0) is 16.0 Å². The number of imidazole rings is 1. The predicted octanol–water partition coefficient (Wildman–Crippen LogP) is 4.09. The maximum atomic E-state index is 15.0. The number of aryl methyl sites for hydroxylation is 1. The Morgan fingerprint density at radius 3 is 2.65 bits per heavy atom. The molecule has 1 amide bonds. The second-order valence-electron chi connectivity index (χ2n) is 10.7. The Morgan fingerprint density at radius 1 is 1.16 bits per heavy atom. The minimum atomic E-state index is -0.596. The molecule has 2 aliphatic rings. The summed E-state index contributed by atoms with van der Waals surface area (Å²) in [6.07, 6.45) is 5.84. The molecule has 0 aromatic carbocycles. The number of hydrogen-bond donors (Lipinski definition) is 0. The molecule has 2 aliphatic heterocycles. The van der Waals surface area contributed by atoms with Crippen LogP contribution in [0, 0.1) is 12.9 Å². The first-order valence-corrected chi connectivity index (χ1v) is 12.9. The van der Waals surface area contributed by atoms with Gasteiger partial charge in [-0.3, -0.25) is 9.47 Å². The van der Waals surface area contributed by atoms with Crippen molar-refractivity contribution in [2.45, 2.75) is 65.3 Å². The summed E-state index contributed by atoms with van der Waals surface area (Å²) in [6.45, 7) is 11.2. The van der Waals surface area contributed by atoms with Crippen molar-refractivity contribution >= 4 is 17.3 Å². The van der Waals surface area contributed by atoms with Crippen LogP contribution in [0.1, 0.15) is 57.6 Å². The van der Waals surface area contributed by atoms with E-state index in [2.05, 4.69) is 24.8 Å². The standard InChI is InChI=1S/C26H34FN7O3/c1-17-30-21(22-24(31-17)34(16-29-22)20-7-5-6-12-36-20)19-13-18(14-28-23(19)27)15-32-8-10-33(11-9-32)25(35)37-26(2,3)4/h13-14,16,20H,5-12,15H2,1-4H3. The van der Waals surface area contributed by atoms with E-state index in [4.69, 9.17) is 9.47 Å². The van der Waals surface area contributed by atoms with E-state index in [1.165, 1.54) is 0 Å². The first-order chi connectivity index (χ1) is 17.7. The summed E-state index contributed by atoms with van der Waals surface area (Å²) in [5.41, 5.74) is 2.24. The molecule has 11 heteroatoms. The Kier molecular flexibility index (Phi) is 7.09. The molecule has 2 saturated heterocycles. The maximum absolute atomic E-state index is 15.0. The van der Waals surface area contributed by atoms with E-state index in [0.717, 1.165) is 24.8 Å². The Bertz CT molecular complexity index is 1280. The van der Waals surface area contributed by atoms with Crippen molar-refractivity contribution in [2.24, 2.45) is 0 Å². The molecule has 0 saturated carbocycles. The third-order valence-electron chi connectivity index (χ3n) is 6.58. The van der Waals surface area contributed by atoms with Gasteiger partial charge in [-0.05, 0) is 58.6 Å². The largest absolute Gasteiger partial charge is 0.444 e. The smallest absolute Gasteiger partial charge is 0.410 e. The normalized spacial score (nSPS) is 19.4. The van der Waals surface area contributed by atoms with E-state index in [-0.39, 0.29) is 12.3 Å². The van der Waals surface area contributed by atoms with Crippen LogP contribution in [-0.4, -0.2) is 78.8 Å². The van der Waals surface area contributed by atoms with Gasteiger partial charge in [0.2, 0.25) is 5.95 Å². The number of nitrogens with zero attached hydrogens (tertiary/aromatic N) is 7. The molecule has 2 fully saturated rings. The van der Waals surface area contributed by atoms with Crippen molar-refractivity contribution < 1.29 is 18.7 Å². The van der Waals surface area contributed by atoms with Crippen molar-refractivity contribution in [2.75, 3.05) is 32.8 Å².